The molecule has 1 aromatic rings. The van der Waals surface area contributed by atoms with Crippen LogP contribution >= 0.6 is 0 Å². The molecule has 0 unspecified atom stereocenters. The van der Waals surface area contributed by atoms with Crippen LogP contribution in [0.2, 0.25) is 0 Å². The van der Waals surface area contributed by atoms with Gasteiger partial charge in [-0.2, -0.15) is 0 Å². The number of carboxylic acid groups (broad SMARTS) is 1. The fourth-order valence-corrected chi connectivity index (χ4v) is 2.93. The van der Waals surface area contributed by atoms with E-state index in [9.17, 15) is 23.1 Å². The van der Waals surface area contributed by atoms with E-state index in [0.717, 1.165) is 22.3 Å². The summed E-state index contributed by atoms with van der Waals surface area (Å²) in [5.74, 6) is -2.46. The highest BCUT2D eigenvalue weighted by atomic mass is 32.2. The molecule has 0 fully saturated rings. The third-order valence-corrected chi connectivity index (χ3v) is 4.01. The maximum atomic E-state index is 12.0. The Morgan fingerprint density at radius 3 is 2.45 bits per heavy atom. The second-order valence-electron chi connectivity index (χ2n) is 4.92. The van der Waals surface area contributed by atoms with Crippen molar-refractivity contribution in [1.82, 2.24) is 4.90 Å². The van der Waals surface area contributed by atoms with Crippen LogP contribution in [0.1, 0.15) is 11.1 Å². The Morgan fingerprint density at radius 1 is 1.30 bits per heavy atom. The Hall–Kier alpha value is -1.89. The van der Waals surface area contributed by atoms with Crippen molar-refractivity contribution in [2.75, 3.05) is 12.0 Å². The van der Waals surface area contributed by atoms with Crippen LogP contribution in [0, 0.1) is 0 Å². The first-order chi connectivity index (χ1) is 9.28. The summed E-state index contributed by atoms with van der Waals surface area (Å²) in [6.45, 7) is 0.126. The normalized spacial score (nSPS) is 18.4. The number of nitrogens with zero attached hydrogens (tertiary/aromatic N) is 1. The quantitative estimate of drug-likeness (QED) is 0.852. The lowest BCUT2D eigenvalue weighted by Crippen LogP contribution is -2.50. The number of carboxylic acids is 1. The van der Waals surface area contributed by atoms with Crippen molar-refractivity contribution in [1.29, 1.82) is 0 Å². The Labute approximate surface area is 116 Å². The first-order valence-corrected chi connectivity index (χ1v) is 8.11. The number of aliphatic carboxylic acids is 1. The first-order valence-electron chi connectivity index (χ1n) is 6.05. The highest BCUT2D eigenvalue weighted by molar-refractivity contribution is 7.91. The van der Waals surface area contributed by atoms with Gasteiger partial charge in [-0.15, -0.1) is 0 Å². The van der Waals surface area contributed by atoms with Gasteiger partial charge < -0.3 is 10.0 Å². The summed E-state index contributed by atoms with van der Waals surface area (Å²) < 4.78 is 22.4. The highest BCUT2D eigenvalue weighted by Crippen LogP contribution is 2.23. The van der Waals surface area contributed by atoms with Crippen LogP contribution in [0.25, 0.3) is 0 Å². The van der Waals surface area contributed by atoms with Crippen LogP contribution < -0.4 is 0 Å². The molecule has 1 amide bonds. The zero-order valence-electron chi connectivity index (χ0n) is 10.9. The van der Waals surface area contributed by atoms with Crippen LogP contribution in [-0.4, -0.2) is 48.4 Å². The van der Waals surface area contributed by atoms with Crippen LogP contribution in [-0.2, 0) is 32.4 Å². The predicted molar refractivity (Wildman–Crippen MR) is 71.8 cm³/mol. The molecular formula is C13H15NO5S. The summed E-state index contributed by atoms with van der Waals surface area (Å²) in [4.78, 5) is 24.5. The Morgan fingerprint density at radius 2 is 1.90 bits per heavy atom. The molecule has 0 radical (unpaired) electrons. The zero-order valence-corrected chi connectivity index (χ0v) is 11.8. The fraction of sp³-hybridized carbons (Fsp3) is 0.385. The minimum Gasteiger partial charge on any atom is -0.480 e. The number of carbonyl (C=O) groups is 2. The van der Waals surface area contributed by atoms with Gasteiger partial charge in [0.1, 0.15) is 11.8 Å². The summed E-state index contributed by atoms with van der Waals surface area (Å²) in [6, 6.07) is 6.24. The maximum Gasteiger partial charge on any atom is 0.326 e. The summed E-state index contributed by atoms with van der Waals surface area (Å²) in [5.41, 5.74) is 1.73. The highest BCUT2D eigenvalue weighted by Gasteiger charge is 2.35. The number of fused-ring (bicyclic) bond motifs is 1. The molecule has 1 aromatic carbocycles. The van der Waals surface area contributed by atoms with Gasteiger partial charge in [0.2, 0.25) is 5.91 Å². The van der Waals surface area contributed by atoms with Gasteiger partial charge in [0.05, 0.1) is 0 Å². The number of hydrogen-bond donors (Lipinski definition) is 1. The van der Waals surface area contributed by atoms with Crippen molar-refractivity contribution < 1.29 is 23.1 Å². The van der Waals surface area contributed by atoms with Gasteiger partial charge in [-0.3, -0.25) is 4.79 Å². The fourth-order valence-electron chi connectivity index (χ4n) is 2.31. The Balaban J connectivity index is 2.31. The van der Waals surface area contributed by atoms with E-state index in [2.05, 4.69) is 0 Å². The summed E-state index contributed by atoms with van der Waals surface area (Å²) in [6.07, 6.45) is 1.15. The molecule has 6 nitrogen and oxygen atoms in total. The second kappa shape index (κ2) is 5.24. The molecule has 1 atom stereocenters. The molecule has 0 spiro atoms. The molecule has 0 saturated carbocycles. The van der Waals surface area contributed by atoms with Crippen molar-refractivity contribution >= 4 is 21.7 Å². The number of amides is 1. The molecule has 20 heavy (non-hydrogen) atoms. The Kier molecular flexibility index (Phi) is 3.80. The zero-order chi connectivity index (χ0) is 14.9. The molecule has 0 bridgehead atoms. The van der Waals surface area contributed by atoms with E-state index < -0.39 is 33.5 Å². The lowest BCUT2D eigenvalue weighted by atomic mass is 9.94. The van der Waals surface area contributed by atoms with Gasteiger partial charge in [0.15, 0.2) is 9.84 Å². The standard InChI is InChI=1S/C13H15NO5S/c1-20(18,19)8-12(15)14-7-10-5-3-2-4-9(10)6-11(14)13(16)17/h2-5,11H,6-8H2,1H3,(H,16,17)/t11-/m1/s1. The van der Waals surface area contributed by atoms with Gasteiger partial charge in [-0.1, -0.05) is 24.3 Å². The van der Waals surface area contributed by atoms with Crippen molar-refractivity contribution in [3.05, 3.63) is 35.4 Å². The SMILES string of the molecule is CS(=O)(=O)CC(=O)N1Cc2ccccc2C[C@@H]1C(=O)O. The van der Waals surface area contributed by atoms with Gasteiger partial charge in [0.25, 0.3) is 0 Å². The van der Waals surface area contributed by atoms with Gasteiger partial charge >= 0.3 is 5.97 Å². The van der Waals surface area contributed by atoms with E-state index >= 15 is 0 Å². The van der Waals surface area contributed by atoms with Crippen molar-refractivity contribution in [2.24, 2.45) is 0 Å². The number of carbonyl (C=O) groups excluding carboxylic acids is 1. The predicted octanol–water partition coefficient (Wildman–Crippen LogP) is 0.0691. The largest absolute Gasteiger partial charge is 0.480 e. The van der Waals surface area contributed by atoms with Gasteiger partial charge in [-0.25, -0.2) is 13.2 Å². The molecule has 0 saturated heterocycles. The third-order valence-electron chi connectivity index (χ3n) is 3.24. The summed E-state index contributed by atoms with van der Waals surface area (Å²) in [5, 5.41) is 9.24. The first kappa shape index (κ1) is 14.5. The van der Waals surface area contributed by atoms with E-state index in [-0.39, 0.29) is 13.0 Å². The molecule has 1 heterocycles. The molecular weight excluding hydrogens is 282 g/mol. The second-order valence-corrected chi connectivity index (χ2v) is 7.06. The molecule has 2 rings (SSSR count). The Bertz CT molecular complexity index is 652. The van der Waals surface area contributed by atoms with E-state index in [0.29, 0.717) is 0 Å². The minimum atomic E-state index is -3.48. The molecule has 1 aliphatic rings. The lowest BCUT2D eigenvalue weighted by molar-refractivity contribution is -0.150. The third kappa shape index (κ3) is 3.16. The summed E-state index contributed by atoms with van der Waals surface area (Å²) >= 11 is 0. The molecule has 108 valence electrons. The van der Waals surface area contributed by atoms with E-state index in [1.807, 2.05) is 18.2 Å². The van der Waals surface area contributed by atoms with Crippen LogP contribution in [0.3, 0.4) is 0 Å². The number of sulfone groups is 1. The van der Waals surface area contributed by atoms with Crippen molar-refractivity contribution in [3.63, 3.8) is 0 Å². The maximum absolute atomic E-state index is 12.0. The number of hydrogen-bond acceptors (Lipinski definition) is 4. The molecule has 0 aromatic heterocycles. The number of benzene rings is 1. The topological polar surface area (TPSA) is 91.8 Å². The summed E-state index contributed by atoms with van der Waals surface area (Å²) in [7, 11) is -3.48. The van der Waals surface area contributed by atoms with Crippen LogP contribution in [0.5, 0.6) is 0 Å². The average Bonchev–Trinajstić information content (AvgIpc) is 2.35. The average molecular weight is 297 g/mol. The van der Waals surface area contributed by atoms with Crippen LogP contribution in [0.15, 0.2) is 24.3 Å². The van der Waals surface area contributed by atoms with E-state index in [4.69, 9.17) is 0 Å². The van der Waals surface area contributed by atoms with Crippen molar-refractivity contribution in [3.8, 4) is 0 Å². The van der Waals surface area contributed by atoms with Crippen LogP contribution in [0.4, 0.5) is 0 Å². The van der Waals surface area contributed by atoms with E-state index in [1.165, 1.54) is 0 Å². The van der Waals surface area contributed by atoms with Gasteiger partial charge in [-0.05, 0) is 11.1 Å². The molecule has 0 aliphatic carbocycles. The van der Waals surface area contributed by atoms with E-state index in [1.54, 1.807) is 6.07 Å². The monoisotopic (exact) mass is 297 g/mol. The molecule has 1 aliphatic heterocycles. The smallest absolute Gasteiger partial charge is 0.326 e. The molecule has 7 heteroatoms. The number of rotatable bonds is 3. The lowest BCUT2D eigenvalue weighted by Gasteiger charge is -2.34. The van der Waals surface area contributed by atoms with Crippen molar-refractivity contribution in [2.45, 2.75) is 19.0 Å². The molecule has 1 N–H and O–H groups in total. The van der Waals surface area contributed by atoms with Gasteiger partial charge in [0, 0.05) is 19.2 Å². The minimum absolute atomic E-state index is 0.126.